The number of carbonyl (C=O) groups excluding carboxylic acids is 2. The molecule has 1 aliphatic rings. The van der Waals surface area contributed by atoms with Crippen LogP contribution in [0.3, 0.4) is 0 Å². The number of benzene rings is 1. The highest BCUT2D eigenvalue weighted by atomic mass is 16.5. The standard InChI is InChI=1S/C21H32N2O3/c1-6-8-19(24)22-9-7-10-23(12-11-22)20(25)14-18-13-15(2)21(26-5)17(4)16(18)3/h13H,6-12,14H2,1-5H3. The Morgan fingerprint density at radius 1 is 1.00 bits per heavy atom. The quantitative estimate of drug-likeness (QED) is 0.811. The Labute approximate surface area is 157 Å². The van der Waals surface area contributed by atoms with Gasteiger partial charge in [0.25, 0.3) is 0 Å². The number of nitrogens with zero attached hydrogens (tertiary/aromatic N) is 2. The molecule has 2 amide bonds. The Hall–Kier alpha value is -2.04. The molecule has 0 saturated carbocycles. The van der Waals surface area contributed by atoms with E-state index < -0.39 is 0 Å². The van der Waals surface area contributed by atoms with E-state index in [9.17, 15) is 9.59 Å². The monoisotopic (exact) mass is 360 g/mol. The summed E-state index contributed by atoms with van der Waals surface area (Å²) >= 11 is 0. The zero-order chi connectivity index (χ0) is 19.3. The highest BCUT2D eigenvalue weighted by Gasteiger charge is 2.22. The van der Waals surface area contributed by atoms with Gasteiger partial charge in [0, 0.05) is 32.6 Å². The number of amides is 2. The van der Waals surface area contributed by atoms with Gasteiger partial charge in [0.2, 0.25) is 11.8 Å². The molecule has 1 aliphatic heterocycles. The van der Waals surface area contributed by atoms with Gasteiger partial charge < -0.3 is 14.5 Å². The van der Waals surface area contributed by atoms with E-state index in [1.54, 1.807) is 7.11 Å². The minimum atomic E-state index is 0.141. The summed E-state index contributed by atoms with van der Waals surface area (Å²) in [5.41, 5.74) is 4.34. The molecule has 0 unspecified atom stereocenters. The molecular weight excluding hydrogens is 328 g/mol. The van der Waals surface area contributed by atoms with Gasteiger partial charge in [0.1, 0.15) is 5.75 Å². The summed E-state index contributed by atoms with van der Waals surface area (Å²) in [5.74, 6) is 1.25. The van der Waals surface area contributed by atoms with Gasteiger partial charge in [-0.1, -0.05) is 13.0 Å². The average Bonchev–Trinajstić information content (AvgIpc) is 2.86. The summed E-state index contributed by atoms with van der Waals surface area (Å²) in [6.45, 7) is 10.9. The van der Waals surface area contributed by atoms with Crippen molar-refractivity contribution in [2.24, 2.45) is 0 Å². The van der Waals surface area contributed by atoms with Crippen LogP contribution >= 0.6 is 0 Å². The first-order valence-corrected chi connectivity index (χ1v) is 9.58. The molecule has 0 aliphatic carbocycles. The van der Waals surface area contributed by atoms with Crippen molar-refractivity contribution in [3.8, 4) is 5.75 Å². The first kappa shape index (κ1) is 20.3. The van der Waals surface area contributed by atoms with Crippen molar-refractivity contribution in [3.63, 3.8) is 0 Å². The fourth-order valence-corrected chi connectivity index (χ4v) is 3.70. The molecular formula is C21H32N2O3. The maximum absolute atomic E-state index is 12.8. The first-order chi connectivity index (χ1) is 12.4. The van der Waals surface area contributed by atoms with E-state index in [0.717, 1.165) is 53.9 Å². The van der Waals surface area contributed by atoms with Crippen molar-refractivity contribution in [3.05, 3.63) is 28.3 Å². The molecule has 1 aromatic carbocycles. The molecule has 26 heavy (non-hydrogen) atoms. The number of ether oxygens (including phenoxy) is 1. The van der Waals surface area contributed by atoms with Crippen LogP contribution in [0, 0.1) is 20.8 Å². The summed E-state index contributed by atoms with van der Waals surface area (Å²) in [6.07, 6.45) is 2.71. The van der Waals surface area contributed by atoms with E-state index in [1.165, 1.54) is 0 Å². The molecule has 144 valence electrons. The van der Waals surface area contributed by atoms with Crippen LogP contribution in [0.2, 0.25) is 0 Å². The third-order valence-electron chi connectivity index (χ3n) is 5.34. The number of rotatable bonds is 5. The summed E-state index contributed by atoms with van der Waals surface area (Å²) in [7, 11) is 1.68. The minimum Gasteiger partial charge on any atom is -0.496 e. The molecule has 1 fully saturated rings. The smallest absolute Gasteiger partial charge is 0.227 e. The van der Waals surface area contributed by atoms with Crippen LogP contribution in [0.25, 0.3) is 0 Å². The zero-order valence-electron chi connectivity index (χ0n) is 16.9. The Morgan fingerprint density at radius 3 is 2.19 bits per heavy atom. The van der Waals surface area contributed by atoms with Crippen LogP contribution in [0.1, 0.15) is 48.4 Å². The highest BCUT2D eigenvalue weighted by molar-refractivity contribution is 5.80. The molecule has 1 aromatic rings. The molecule has 0 N–H and O–H groups in total. The molecule has 0 spiro atoms. The van der Waals surface area contributed by atoms with E-state index in [-0.39, 0.29) is 11.8 Å². The van der Waals surface area contributed by atoms with Gasteiger partial charge >= 0.3 is 0 Å². The third kappa shape index (κ3) is 4.57. The maximum Gasteiger partial charge on any atom is 0.227 e. The second-order valence-corrected chi connectivity index (χ2v) is 7.18. The van der Waals surface area contributed by atoms with Crippen LogP contribution in [-0.2, 0) is 16.0 Å². The van der Waals surface area contributed by atoms with Crippen molar-refractivity contribution in [1.82, 2.24) is 9.80 Å². The van der Waals surface area contributed by atoms with Gasteiger partial charge in [-0.25, -0.2) is 0 Å². The minimum absolute atomic E-state index is 0.141. The number of hydrogen-bond acceptors (Lipinski definition) is 3. The Bertz CT molecular complexity index is 670. The molecule has 5 heteroatoms. The van der Waals surface area contributed by atoms with E-state index >= 15 is 0 Å². The van der Waals surface area contributed by atoms with Gasteiger partial charge in [-0.05, 0) is 55.9 Å². The summed E-state index contributed by atoms with van der Waals surface area (Å²) in [6, 6.07) is 2.06. The van der Waals surface area contributed by atoms with Crippen LogP contribution in [-0.4, -0.2) is 54.9 Å². The second kappa shape index (κ2) is 9.06. The number of aryl methyl sites for hydroxylation is 1. The Kier molecular flexibility index (Phi) is 7.06. The third-order valence-corrected chi connectivity index (χ3v) is 5.34. The molecule has 0 atom stereocenters. The zero-order valence-corrected chi connectivity index (χ0v) is 16.9. The van der Waals surface area contributed by atoms with Crippen LogP contribution in [0.15, 0.2) is 6.07 Å². The topological polar surface area (TPSA) is 49.9 Å². The lowest BCUT2D eigenvalue weighted by molar-refractivity contribution is -0.133. The predicted octanol–water partition coefficient (Wildman–Crippen LogP) is 3.02. The normalized spacial score (nSPS) is 15.0. The van der Waals surface area contributed by atoms with Crippen molar-refractivity contribution in [2.45, 2.75) is 53.4 Å². The van der Waals surface area contributed by atoms with Gasteiger partial charge in [-0.15, -0.1) is 0 Å². The van der Waals surface area contributed by atoms with Gasteiger partial charge in [-0.2, -0.15) is 0 Å². The van der Waals surface area contributed by atoms with Gasteiger partial charge in [-0.3, -0.25) is 9.59 Å². The van der Waals surface area contributed by atoms with Crippen LogP contribution < -0.4 is 4.74 Å². The molecule has 5 nitrogen and oxygen atoms in total. The second-order valence-electron chi connectivity index (χ2n) is 7.18. The maximum atomic E-state index is 12.8. The van der Waals surface area contributed by atoms with Crippen molar-refractivity contribution in [1.29, 1.82) is 0 Å². The van der Waals surface area contributed by atoms with E-state index in [1.807, 2.05) is 37.5 Å². The van der Waals surface area contributed by atoms with Crippen LogP contribution in [0.4, 0.5) is 0 Å². The van der Waals surface area contributed by atoms with E-state index in [0.29, 0.717) is 25.9 Å². The molecule has 1 saturated heterocycles. The largest absolute Gasteiger partial charge is 0.496 e. The number of hydrogen-bond donors (Lipinski definition) is 0. The fraction of sp³-hybridized carbons (Fsp3) is 0.619. The molecule has 2 rings (SSSR count). The molecule has 0 bridgehead atoms. The fourth-order valence-electron chi connectivity index (χ4n) is 3.70. The number of carbonyl (C=O) groups is 2. The van der Waals surface area contributed by atoms with Gasteiger partial charge in [0.15, 0.2) is 0 Å². The summed E-state index contributed by atoms with van der Waals surface area (Å²) in [5, 5.41) is 0. The summed E-state index contributed by atoms with van der Waals surface area (Å²) < 4.78 is 5.47. The lowest BCUT2D eigenvalue weighted by atomic mass is 9.96. The van der Waals surface area contributed by atoms with E-state index in [2.05, 4.69) is 6.07 Å². The van der Waals surface area contributed by atoms with Crippen LogP contribution in [0.5, 0.6) is 5.75 Å². The van der Waals surface area contributed by atoms with Crippen molar-refractivity contribution >= 4 is 11.8 Å². The van der Waals surface area contributed by atoms with Crippen molar-refractivity contribution in [2.75, 3.05) is 33.3 Å². The highest BCUT2D eigenvalue weighted by Crippen LogP contribution is 2.29. The molecule has 0 aromatic heterocycles. The van der Waals surface area contributed by atoms with Gasteiger partial charge in [0.05, 0.1) is 13.5 Å². The SMILES string of the molecule is CCCC(=O)N1CCCN(C(=O)Cc2cc(C)c(OC)c(C)c2C)CC1. The Balaban J connectivity index is 2.05. The lowest BCUT2D eigenvalue weighted by Gasteiger charge is -2.23. The predicted molar refractivity (Wildman–Crippen MR) is 104 cm³/mol. The Morgan fingerprint density at radius 2 is 1.62 bits per heavy atom. The average molecular weight is 360 g/mol. The molecule has 1 heterocycles. The first-order valence-electron chi connectivity index (χ1n) is 9.58. The summed E-state index contributed by atoms with van der Waals surface area (Å²) in [4.78, 5) is 28.8. The lowest BCUT2D eigenvalue weighted by Crippen LogP contribution is -2.38. The van der Waals surface area contributed by atoms with E-state index in [4.69, 9.17) is 4.74 Å². The molecule has 0 radical (unpaired) electrons. The van der Waals surface area contributed by atoms with Crippen molar-refractivity contribution < 1.29 is 14.3 Å². The number of methoxy groups -OCH3 is 1.